The second-order valence-electron chi connectivity index (χ2n) is 4.64. The van der Waals surface area contributed by atoms with Crippen LogP contribution in [0.5, 0.6) is 5.75 Å². The van der Waals surface area contributed by atoms with Crippen LogP contribution < -0.4 is 4.74 Å². The summed E-state index contributed by atoms with van der Waals surface area (Å²) in [5, 5.41) is 0. The number of hydrogen-bond acceptors (Lipinski definition) is 2. The predicted octanol–water partition coefficient (Wildman–Crippen LogP) is 4.72. The van der Waals surface area contributed by atoms with Crippen molar-refractivity contribution in [2.75, 3.05) is 20.2 Å². The van der Waals surface area contributed by atoms with Gasteiger partial charge in [0.1, 0.15) is 12.4 Å². The minimum Gasteiger partial charge on any atom is -0.492 e. The van der Waals surface area contributed by atoms with Crippen LogP contribution in [-0.2, 0) is 6.54 Å². The van der Waals surface area contributed by atoms with Gasteiger partial charge in [0.25, 0.3) is 0 Å². The Morgan fingerprint density at radius 2 is 1.85 bits per heavy atom. The van der Waals surface area contributed by atoms with E-state index in [1.54, 1.807) is 0 Å². The summed E-state index contributed by atoms with van der Waals surface area (Å²) < 4.78 is 7.93. The first-order chi connectivity index (χ1) is 9.65. The number of ether oxygens (including phenoxy) is 1. The molecule has 0 saturated carbocycles. The normalized spacial score (nSPS) is 10.8. The van der Waals surface area contributed by atoms with Gasteiger partial charge in [-0.3, -0.25) is 4.90 Å². The van der Waals surface area contributed by atoms with Crippen LogP contribution in [0, 0.1) is 0 Å². The van der Waals surface area contributed by atoms with E-state index >= 15 is 0 Å². The zero-order valence-electron chi connectivity index (χ0n) is 11.4. The van der Waals surface area contributed by atoms with Crippen LogP contribution in [0.15, 0.2) is 57.5 Å². The highest BCUT2D eigenvalue weighted by Crippen LogP contribution is 2.18. The summed E-state index contributed by atoms with van der Waals surface area (Å²) >= 11 is 7.01. The van der Waals surface area contributed by atoms with Crippen molar-refractivity contribution in [3.05, 3.63) is 63.0 Å². The molecule has 0 aliphatic heterocycles. The van der Waals surface area contributed by atoms with Crippen molar-refractivity contribution < 1.29 is 4.74 Å². The van der Waals surface area contributed by atoms with Crippen molar-refractivity contribution >= 4 is 31.9 Å². The number of hydrogen-bond donors (Lipinski definition) is 0. The first-order valence-corrected chi connectivity index (χ1v) is 8.04. The fraction of sp³-hybridized carbons (Fsp3) is 0.250. The summed E-state index contributed by atoms with van der Waals surface area (Å²) in [6, 6.07) is 16.2. The molecule has 0 aliphatic carbocycles. The van der Waals surface area contributed by atoms with E-state index in [0.29, 0.717) is 6.61 Å². The lowest BCUT2D eigenvalue weighted by molar-refractivity contribution is 0.232. The van der Waals surface area contributed by atoms with Crippen LogP contribution in [0.4, 0.5) is 0 Å². The largest absolute Gasteiger partial charge is 0.492 e. The Morgan fingerprint density at radius 3 is 2.60 bits per heavy atom. The number of benzene rings is 2. The molecule has 0 fully saturated rings. The summed E-state index contributed by atoms with van der Waals surface area (Å²) in [7, 11) is 2.10. The molecule has 2 rings (SSSR count). The molecular formula is C16H17Br2NO. The van der Waals surface area contributed by atoms with E-state index in [0.717, 1.165) is 27.8 Å². The van der Waals surface area contributed by atoms with Gasteiger partial charge in [0.2, 0.25) is 0 Å². The van der Waals surface area contributed by atoms with Crippen molar-refractivity contribution in [2.24, 2.45) is 0 Å². The number of rotatable bonds is 6. The first kappa shape index (κ1) is 15.5. The fourth-order valence-electron chi connectivity index (χ4n) is 1.87. The second kappa shape index (κ2) is 7.81. The van der Waals surface area contributed by atoms with Crippen LogP contribution >= 0.6 is 31.9 Å². The van der Waals surface area contributed by atoms with Gasteiger partial charge in [-0.25, -0.2) is 0 Å². The molecule has 0 heterocycles. The average Bonchev–Trinajstić information content (AvgIpc) is 2.41. The lowest BCUT2D eigenvalue weighted by atomic mass is 10.2. The Balaban J connectivity index is 1.78. The molecule has 0 saturated heterocycles. The monoisotopic (exact) mass is 397 g/mol. The maximum Gasteiger partial charge on any atom is 0.120 e. The Kier molecular flexibility index (Phi) is 6.07. The SMILES string of the molecule is CN(CCOc1cccc(Br)c1)Cc1ccccc1Br. The fourth-order valence-corrected chi connectivity index (χ4v) is 2.66. The molecule has 0 unspecified atom stereocenters. The highest BCUT2D eigenvalue weighted by atomic mass is 79.9. The van der Waals surface area contributed by atoms with Crippen molar-refractivity contribution in [1.29, 1.82) is 0 Å². The Morgan fingerprint density at radius 1 is 1.05 bits per heavy atom. The van der Waals surface area contributed by atoms with Gasteiger partial charge >= 0.3 is 0 Å². The minimum absolute atomic E-state index is 0.678. The van der Waals surface area contributed by atoms with Gasteiger partial charge in [-0.1, -0.05) is 56.1 Å². The number of likely N-dealkylation sites (N-methyl/N-ethyl adjacent to an activating group) is 1. The van der Waals surface area contributed by atoms with E-state index in [1.165, 1.54) is 5.56 Å². The molecule has 0 N–H and O–H groups in total. The summed E-state index contributed by atoms with van der Waals surface area (Å²) in [6.45, 7) is 2.47. The zero-order valence-corrected chi connectivity index (χ0v) is 14.5. The molecule has 2 aromatic rings. The molecule has 0 aliphatic rings. The Hall–Kier alpha value is -0.840. The van der Waals surface area contributed by atoms with Crippen molar-refractivity contribution in [3.63, 3.8) is 0 Å². The van der Waals surface area contributed by atoms with Crippen LogP contribution in [0.3, 0.4) is 0 Å². The van der Waals surface area contributed by atoms with E-state index in [-0.39, 0.29) is 0 Å². The van der Waals surface area contributed by atoms with Crippen molar-refractivity contribution in [3.8, 4) is 5.75 Å². The lowest BCUT2D eigenvalue weighted by Crippen LogP contribution is -2.24. The maximum absolute atomic E-state index is 5.74. The summed E-state index contributed by atoms with van der Waals surface area (Å²) in [5.74, 6) is 0.897. The molecule has 0 spiro atoms. The van der Waals surface area contributed by atoms with Gasteiger partial charge in [0, 0.05) is 22.0 Å². The van der Waals surface area contributed by atoms with Crippen LogP contribution in [0.25, 0.3) is 0 Å². The molecule has 106 valence electrons. The van der Waals surface area contributed by atoms with Gasteiger partial charge in [-0.05, 0) is 36.9 Å². The van der Waals surface area contributed by atoms with Gasteiger partial charge < -0.3 is 4.74 Å². The van der Waals surface area contributed by atoms with E-state index in [2.05, 4.69) is 62.0 Å². The standard InChI is InChI=1S/C16H17Br2NO/c1-19(12-13-5-2-3-8-16(13)18)9-10-20-15-7-4-6-14(17)11-15/h2-8,11H,9-10,12H2,1H3. The summed E-state index contributed by atoms with van der Waals surface area (Å²) in [5.41, 5.74) is 1.29. The zero-order chi connectivity index (χ0) is 14.4. The third-order valence-corrected chi connectivity index (χ3v) is 4.20. The Bertz CT molecular complexity index is 560. The highest BCUT2D eigenvalue weighted by Gasteiger charge is 2.04. The van der Waals surface area contributed by atoms with Crippen molar-refractivity contribution in [1.82, 2.24) is 4.90 Å². The van der Waals surface area contributed by atoms with E-state index < -0.39 is 0 Å². The smallest absolute Gasteiger partial charge is 0.120 e. The average molecular weight is 399 g/mol. The van der Waals surface area contributed by atoms with E-state index in [4.69, 9.17) is 4.74 Å². The molecule has 0 bridgehead atoms. The van der Waals surface area contributed by atoms with E-state index in [9.17, 15) is 0 Å². The van der Waals surface area contributed by atoms with Gasteiger partial charge in [-0.15, -0.1) is 0 Å². The summed E-state index contributed by atoms with van der Waals surface area (Å²) in [6.07, 6.45) is 0. The minimum atomic E-state index is 0.678. The van der Waals surface area contributed by atoms with Gasteiger partial charge in [0.05, 0.1) is 0 Å². The first-order valence-electron chi connectivity index (χ1n) is 6.45. The molecule has 0 amide bonds. The molecule has 0 radical (unpaired) electrons. The van der Waals surface area contributed by atoms with Crippen LogP contribution in [0.2, 0.25) is 0 Å². The Labute approximate surface area is 137 Å². The third kappa shape index (κ3) is 4.93. The molecule has 0 atom stereocenters. The quantitative estimate of drug-likeness (QED) is 0.697. The molecule has 2 nitrogen and oxygen atoms in total. The second-order valence-corrected chi connectivity index (χ2v) is 6.41. The van der Waals surface area contributed by atoms with Crippen molar-refractivity contribution in [2.45, 2.75) is 6.54 Å². The highest BCUT2D eigenvalue weighted by molar-refractivity contribution is 9.10. The molecule has 4 heteroatoms. The maximum atomic E-state index is 5.74. The topological polar surface area (TPSA) is 12.5 Å². The van der Waals surface area contributed by atoms with Crippen LogP contribution in [0.1, 0.15) is 5.56 Å². The third-order valence-electron chi connectivity index (χ3n) is 2.94. The summed E-state index contributed by atoms with van der Waals surface area (Å²) in [4.78, 5) is 2.25. The lowest BCUT2D eigenvalue weighted by Gasteiger charge is -2.18. The van der Waals surface area contributed by atoms with Gasteiger partial charge in [0.15, 0.2) is 0 Å². The predicted molar refractivity (Wildman–Crippen MR) is 90.1 cm³/mol. The molecule has 2 aromatic carbocycles. The number of nitrogens with zero attached hydrogens (tertiary/aromatic N) is 1. The number of halogens is 2. The van der Waals surface area contributed by atoms with Crippen LogP contribution in [-0.4, -0.2) is 25.1 Å². The molecule has 0 aromatic heterocycles. The molecular weight excluding hydrogens is 382 g/mol. The van der Waals surface area contributed by atoms with E-state index in [1.807, 2.05) is 30.3 Å². The molecule has 20 heavy (non-hydrogen) atoms. The van der Waals surface area contributed by atoms with Gasteiger partial charge in [-0.2, -0.15) is 0 Å².